The van der Waals surface area contributed by atoms with Crippen LogP contribution < -0.4 is 16.0 Å². The fourth-order valence-corrected chi connectivity index (χ4v) is 3.84. The number of nitrogens with two attached hydrogens (primary N) is 1. The molecule has 0 aromatic carbocycles. The highest BCUT2D eigenvalue weighted by Crippen LogP contribution is 2.31. The van der Waals surface area contributed by atoms with Crippen LogP contribution in [0.3, 0.4) is 0 Å². The predicted molar refractivity (Wildman–Crippen MR) is 101 cm³/mol. The molecular weight excluding hydrogens is 344 g/mol. The van der Waals surface area contributed by atoms with Crippen LogP contribution in [-0.4, -0.2) is 65.0 Å². The van der Waals surface area contributed by atoms with E-state index in [0.29, 0.717) is 4.88 Å². The first-order chi connectivity index (χ1) is 11.5. The molecular formula is C15H20N6OS2. The van der Waals surface area contributed by atoms with Crippen molar-refractivity contribution in [1.29, 1.82) is 0 Å². The Balaban J connectivity index is 1.67. The van der Waals surface area contributed by atoms with E-state index in [4.69, 9.17) is 18.0 Å². The van der Waals surface area contributed by atoms with E-state index >= 15 is 0 Å². The summed E-state index contributed by atoms with van der Waals surface area (Å²) < 4.78 is 0.928. The topological polar surface area (TPSA) is 87.4 Å². The minimum absolute atomic E-state index is 0.421. The molecule has 9 heteroatoms. The van der Waals surface area contributed by atoms with Gasteiger partial charge in [0.05, 0.1) is 20.1 Å². The summed E-state index contributed by atoms with van der Waals surface area (Å²) in [6.07, 6.45) is 1.55. The summed E-state index contributed by atoms with van der Waals surface area (Å²) in [5.41, 5.74) is 6.16. The third-order valence-corrected chi connectivity index (χ3v) is 5.29. The molecule has 0 unspecified atom stereocenters. The Morgan fingerprint density at radius 1 is 1.38 bits per heavy atom. The van der Waals surface area contributed by atoms with Gasteiger partial charge in [0.25, 0.3) is 5.91 Å². The number of hydrogen-bond acceptors (Lipinski definition) is 7. The molecule has 2 aromatic heterocycles. The molecule has 3 rings (SSSR count). The summed E-state index contributed by atoms with van der Waals surface area (Å²) in [7, 11) is 0. The van der Waals surface area contributed by atoms with Gasteiger partial charge in [0.1, 0.15) is 12.1 Å². The number of rotatable bonds is 5. The van der Waals surface area contributed by atoms with E-state index in [0.717, 1.165) is 60.3 Å². The van der Waals surface area contributed by atoms with Crippen LogP contribution in [0.5, 0.6) is 0 Å². The standard InChI is InChI=1S/C15H20N6OS2/c1-10(23)17-2-3-20-4-6-21(7-5-20)15-13-11(18-9-19-15)8-12(24-13)14(16)22/h8-9H,2-7H2,1H3,(H2,16,22)(H,17,23). The molecule has 3 heterocycles. The van der Waals surface area contributed by atoms with Gasteiger partial charge < -0.3 is 16.0 Å². The number of nitrogens with one attached hydrogen (secondary N) is 1. The Hall–Kier alpha value is -1.84. The van der Waals surface area contributed by atoms with Gasteiger partial charge >= 0.3 is 0 Å². The van der Waals surface area contributed by atoms with Crippen LogP contribution in [-0.2, 0) is 0 Å². The molecule has 24 heavy (non-hydrogen) atoms. The fourth-order valence-electron chi connectivity index (χ4n) is 2.76. The van der Waals surface area contributed by atoms with Crippen LogP contribution >= 0.6 is 23.6 Å². The highest BCUT2D eigenvalue weighted by atomic mass is 32.1. The maximum atomic E-state index is 11.4. The van der Waals surface area contributed by atoms with Crippen molar-refractivity contribution in [2.24, 2.45) is 5.73 Å². The summed E-state index contributed by atoms with van der Waals surface area (Å²) in [5, 5.41) is 3.19. The third-order valence-electron chi connectivity index (χ3n) is 4.01. The molecule has 0 spiro atoms. The van der Waals surface area contributed by atoms with Crippen molar-refractivity contribution in [3.63, 3.8) is 0 Å². The summed E-state index contributed by atoms with van der Waals surface area (Å²) in [6.45, 7) is 7.48. The molecule has 0 radical (unpaired) electrons. The second kappa shape index (κ2) is 7.37. The summed E-state index contributed by atoms with van der Waals surface area (Å²) in [4.78, 5) is 26.1. The van der Waals surface area contributed by atoms with Gasteiger partial charge in [-0.3, -0.25) is 9.69 Å². The Labute approximate surface area is 149 Å². The average molecular weight is 365 g/mol. The van der Waals surface area contributed by atoms with Gasteiger partial charge in [-0.15, -0.1) is 11.3 Å². The fraction of sp³-hybridized carbons (Fsp3) is 0.467. The van der Waals surface area contributed by atoms with Crippen LogP contribution in [0.15, 0.2) is 12.4 Å². The van der Waals surface area contributed by atoms with E-state index in [1.165, 1.54) is 11.3 Å². The molecule has 0 aliphatic carbocycles. The number of aromatic nitrogens is 2. The van der Waals surface area contributed by atoms with Crippen molar-refractivity contribution < 1.29 is 4.79 Å². The molecule has 2 aromatic rings. The number of primary amides is 1. The van der Waals surface area contributed by atoms with E-state index in [-0.39, 0.29) is 0 Å². The molecule has 1 aliphatic rings. The molecule has 3 N–H and O–H groups in total. The minimum atomic E-state index is -0.421. The lowest BCUT2D eigenvalue weighted by molar-refractivity contribution is 0.100. The summed E-state index contributed by atoms with van der Waals surface area (Å²) in [5.74, 6) is 0.472. The monoisotopic (exact) mass is 364 g/mol. The molecule has 128 valence electrons. The van der Waals surface area contributed by atoms with E-state index in [1.54, 1.807) is 12.4 Å². The molecule has 0 atom stereocenters. The lowest BCUT2D eigenvalue weighted by atomic mass is 10.3. The van der Waals surface area contributed by atoms with Crippen LogP contribution in [0.25, 0.3) is 10.2 Å². The van der Waals surface area contributed by atoms with Crippen molar-refractivity contribution >= 4 is 50.5 Å². The molecule has 1 fully saturated rings. The highest BCUT2D eigenvalue weighted by Gasteiger charge is 2.21. The number of thiocarbonyl (C=S) groups is 1. The number of carbonyl (C=O) groups is 1. The average Bonchev–Trinajstić information content (AvgIpc) is 3.00. The van der Waals surface area contributed by atoms with Gasteiger partial charge in [0.15, 0.2) is 0 Å². The maximum Gasteiger partial charge on any atom is 0.258 e. The molecule has 1 amide bonds. The zero-order chi connectivity index (χ0) is 17.1. The van der Waals surface area contributed by atoms with Gasteiger partial charge in [-0.25, -0.2) is 9.97 Å². The molecule has 1 aliphatic heterocycles. The van der Waals surface area contributed by atoms with E-state index in [1.807, 2.05) is 6.92 Å². The number of amides is 1. The number of anilines is 1. The smallest absolute Gasteiger partial charge is 0.258 e. The SMILES string of the molecule is CC(=S)NCCN1CCN(c2ncnc3cc(C(N)=O)sc23)CC1. The Kier molecular flexibility index (Phi) is 5.22. The van der Waals surface area contributed by atoms with Gasteiger partial charge in [-0.2, -0.15) is 0 Å². The van der Waals surface area contributed by atoms with Gasteiger partial charge in [0.2, 0.25) is 0 Å². The van der Waals surface area contributed by atoms with Crippen LogP contribution in [0.1, 0.15) is 16.6 Å². The van der Waals surface area contributed by atoms with Crippen LogP contribution in [0.4, 0.5) is 5.82 Å². The largest absolute Gasteiger partial charge is 0.379 e. The van der Waals surface area contributed by atoms with Gasteiger partial charge in [-0.1, -0.05) is 12.2 Å². The maximum absolute atomic E-state index is 11.4. The van der Waals surface area contributed by atoms with Crippen molar-refractivity contribution in [3.05, 3.63) is 17.3 Å². The summed E-state index contributed by atoms with van der Waals surface area (Å²) in [6, 6.07) is 1.74. The summed E-state index contributed by atoms with van der Waals surface area (Å²) >= 11 is 6.39. The molecule has 1 saturated heterocycles. The zero-order valence-corrected chi connectivity index (χ0v) is 15.1. The van der Waals surface area contributed by atoms with Crippen molar-refractivity contribution in [3.8, 4) is 0 Å². The molecule has 0 bridgehead atoms. The second-order valence-electron chi connectivity index (χ2n) is 5.70. The Morgan fingerprint density at radius 2 is 2.12 bits per heavy atom. The third kappa shape index (κ3) is 3.80. The molecule has 0 saturated carbocycles. The van der Waals surface area contributed by atoms with Gasteiger partial charge in [-0.05, 0) is 13.0 Å². The van der Waals surface area contributed by atoms with Crippen molar-refractivity contribution in [2.45, 2.75) is 6.92 Å². The molecule has 7 nitrogen and oxygen atoms in total. The van der Waals surface area contributed by atoms with E-state index < -0.39 is 5.91 Å². The van der Waals surface area contributed by atoms with Crippen LogP contribution in [0, 0.1) is 0 Å². The number of hydrogen-bond donors (Lipinski definition) is 2. The van der Waals surface area contributed by atoms with E-state index in [2.05, 4.69) is 25.1 Å². The Morgan fingerprint density at radius 3 is 2.79 bits per heavy atom. The number of fused-ring (bicyclic) bond motifs is 1. The van der Waals surface area contributed by atoms with Crippen LogP contribution in [0.2, 0.25) is 0 Å². The predicted octanol–water partition coefficient (Wildman–Crippen LogP) is 0.849. The number of thiophene rings is 1. The lowest BCUT2D eigenvalue weighted by Crippen LogP contribution is -2.48. The zero-order valence-electron chi connectivity index (χ0n) is 13.5. The first-order valence-electron chi connectivity index (χ1n) is 7.80. The quantitative estimate of drug-likeness (QED) is 0.761. The Bertz CT molecular complexity index is 754. The second-order valence-corrected chi connectivity index (χ2v) is 7.36. The first-order valence-corrected chi connectivity index (χ1v) is 9.03. The van der Waals surface area contributed by atoms with E-state index in [9.17, 15) is 4.79 Å². The number of carbonyl (C=O) groups excluding carboxylic acids is 1. The van der Waals surface area contributed by atoms with Crippen molar-refractivity contribution in [1.82, 2.24) is 20.2 Å². The normalized spacial score (nSPS) is 15.6. The number of nitrogens with zero attached hydrogens (tertiary/aromatic N) is 4. The minimum Gasteiger partial charge on any atom is -0.379 e. The van der Waals surface area contributed by atoms with Gasteiger partial charge in [0, 0.05) is 39.3 Å². The first kappa shape index (κ1) is 17.0. The lowest BCUT2D eigenvalue weighted by Gasteiger charge is -2.35. The number of piperazine rings is 1. The van der Waals surface area contributed by atoms with Crippen molar-refractivity contribution in [2.75, 3.05) is 44.2 Å². The highest BCUT2D eigenvalue weighted by molar-refractivity contribution is 7.80.